The van der Waals surface area contributed by atoms with Gasteiger partial charge in [-0.05, 0) is 41.3 Å². The lowest BCUT2D eigenvalue weighted by molar-refractivity contribution is -0.120. The number of hydrogen-bond donors (Lipinski definition) is 2. The Bertz CT molecular complexity index is 791. The van der Waals surface area contributed by atoms with Crippen molar-refractivity contribution in [2.24, 2.45) is 5.92 Å². The van der Waals surface area contributed by atoms with E-state index in [0.717, 1.165) is 16.8 Å². The van der Waals surface area contributed by atoms with Gasteiger partial charge in [0.15, 0.2) is 0 Å². The van der Waals surface area contributed by atoms with E-state index in [1.165, 1.54) is 0 Å². The lowest BCUT2D eigenvalue weighted by Crippen LogP contribution is -2.24. The number of amides is 2. The van der Waals surface area contributed by atoms with Crippen LogP contribution in [0.3, 0.4) is 0 Å². The molecule has 6 heteroatoms. The third-order valence-corrected chi connectivity index (χ3v) is 4.38. The Morgan fingerprint density at radius 3 is 2.42 bits per heavy atom. The topological polar surface area (TPSA) is 58.2 Å². The zero-order valence-electron chi connectivity index (χ0n) is 14.8. The molecule has 0 heterocycles. The van der Waals surface area contributed by atoms with Gasteiger partial charge in [0.25, 0.3) is 0 Å². The van der Waals surface area contributed by atoms with Gasteiger partial charge in [-0.2, -0.15) is 0 Å². The van der Waals surface area contributed by atoms with E-state index in [1.807, 2.05) is 38.1 Å². The molecule has 0 fully saturated rings. The molecule has 0 aliphatic carbocycles. The van der Waals surface area contributed by atoms with Gasteiger partial charge >= 0.3 is 0 Å². The van der Waals surface area contributed by atoms with Crippen LogP contribution in [0, 0.1) is 5.92 Å². The summed E-state index contributed by atoms with van der Waals surface area (Å²) in [6, 6.07) is 12.6. The summed E-state index contributed by atoms with van der Waals surface area (Å²) >= 11 is 11.8. The third kappa shape index (κ3) is 6.70. The highest BCUT2D eigenvalue weighted by Gasteiger charge is 2.08. The Balaban J connectivity index is 1.88. The maximum Gasteiger partial charge on any atom is 0.224 e. The van der Waals surface area contributed by atoms with Crippen molar-refractivity contribution in [2.75, 3.05) is 5.32 Å². The number of carbonyl (C=O) groups is 2. The molecule has 2 aromatic rings. The Morgan fingerprint density at radius 1 is 0.962 bits per heavy atom. The first-order valence-electron chi connectivity index (χ1n) is 8.43. The van der Waals surface area contributed by atoms with Crippen LogP contribution in [-0.2, 0) is 22.6 Å². The number of rotatable bonds is 7. The zero-order valence-corrected chi connectivity index (χ0v) is 16.3. The molecule has 0 radical (unpaired) electrons. The second-order valence-corrected chi connectivity index (χ2v) is 7.36. The van der Waals surface area contributed by atoms with Crippen LogP contribution in [0.2, 0.25) is 10.0 Å². The van der Waals surface area contributed by atoms with Crippen LogP contribution >= 0.6 is 23.2 Å². The number of anilines is 1. The summed E-state index contributed by atoms with van der Waals surface area (Å²) in [5, 5.41) is 6.64. The van der Waals surface area contributed by atoms with E-state index < -0.39 is 0 Å². The van der Waals surface area contributed by atoms with Crippen LogP contribution in [0.5, 0.6) is 0 Å². The quantitative estimate of drug-likeness (QED) is 0.708. The minimum atomic E-state index is -0.113. The second kappa shape index (κ2) is 9.60. The van der Waals surface area contributed by atoms with E-state index in [9.17, 15) is 9.59 Å². The number of hydrogen-bond acceptors (Lipinski definition) is 2. The molecule has 0 saturated heterocycles. The molecule has 0 aliphatic rings. The van der Waals surface area contributed by atoms with Gasteiger partial charge < -0.3 is 10.6 Å². The molecule has 0 unspecified atom stereocenters. The third-order valence-electron chi connectivity index (χ3n) is 3.64. The van der Waals surface area contributed by atoms with Crippen LogP contribution in [0.15, 0.2) is 42.5 Å². The smallest absolute Gasteiger partial charge is 0.224 e. The van der Waals surface area contributed by atoms with E-state index >= 15 is 0 Å². The highest BCUT2D eigenvalue weighted by Crippen LogP contribution is 2.22. The number of nitrogens with one attached hydrogen (secondary N) is 2. The fraction of sp³-hybridized carbons (Fsp3) is 0.300. The molecule has 26 heavy (non-hydrogen) atoms. The minimum absolute atomic E-state index is 0.0131. The van der Waals surface area contributed by atoms with Crippen LogP contribution in [-0.4, -0.2) is 11.8 Å². The summed E-state index contributed by atoms with van der Waals surface area (Å²) in [7, 11) is 0. The van der Waals surface area contributed by atoms with Crippen molar-refractivity contribution in [3.05, 3.63) is 63.6 Å². The van der Waals surface area contributed by atoms with Gasteiger partial charge in [-0.1, -0.05) is 55.2 Å². The maximum absolute atomic E-state index is 12.1. The van der Waals surface area contributed by atoms with E-state index in [4.69, 9.17) is 23.2 Å². The first-order valence-corrected chi connectivity index (χ1v) is 9.18. The van der Waals surface area contributed by atoms with Crippen molar-refractivity contribution in [1.29, 1.82) is 0 Å². The lowest BCUT2D eigenvalue weighted by atomic mass is 10.1. The standard InChI is InChI=1S/C20H22Cl2N2O2/c1-13(2)8-20(26)24-16-5-3-4-15(9-16)12-23-19(25)11-14-6-7-17(21)18(22)10-14/h3-7,9-10,13H,8,11-12H2,1-2H3,(H,23,25)(H,24,26). The molecule has 2 N–H and O–H groups in total. The minimum Gasteiger partial charge on any atom is -0.352 e. The molecule has 0 spiro atoms. The van der Waals surface area contributed by atoms with Crippen LogP contribution in [0.25, 0.3) is 0 Å². The molecule has 2 amide bonds. The van der Waals surface area contributed by atoms with E-state index in [1.54, 1.807) is 18.2 Å². The van der Waals surface area contributed by atoms with Crippen molar-refractivity contribution >= 4 is 40.7 Å². The van der Waals surface area contributed by atoms with Gasteiger partial charge in [0.1, 0.15) is 0 Å². The van der Waals surface area contributed by atoms with Gasteiger partial charge in [-0.15, -0.1) is 0 Å². The molecule has 0 aromatic heterocycles. The summed E-state index contributed by atoms with van der Waals surface area (Å²) < 4.78 is 0. The molecular weight excluding hydrogens is 371 g/mol. The molecular formula is C20H22Cl2N2O2. The summed E-state index contributed by atoms with van der Waals surface area (Å²) in [6.07, 6.45) is 0.701. The molecule has 138 valence electrons. The van der Waals surface area contributed by atoms with Gasteiger partial charge in [-0.25, -0.2) is 0 Å². The van der Waals surface area contributed by atoms with Crippen molar-refractivity contribution in [3.8, 4) is 0 Å². The van der Waals surface area contributed by atoms with Gasteiger partial charge in [-0.3, -0.25) is 9.59 Å². The SMILES string of the molecule is CC(C)CC(=O)Nc1cccc(CNC(=O)Cc2ccc(Cl)c(Cl)c2)c1. The number of benzene rings is 2. The first-order chi connectivity index (χ1) is 12.3. The fourth-order valence-electron chi connectivity index (χ4n) is 2.44. The van der Waals surface area contributed by atoms with Crippen LogP contribution in [0.4, 0.5) is 5.69 Å². The molecule has 0 atom stereocenters. The Morgan fingerprint density at radius 2 is 1.73 bits per heavy atom. The predicted molar refractivity (Wildman–Crippen MR) is 107 cm³/mol. The van der Waals surface area contributed by atoms with Crippen molar-refractivity contribution in [1.82, 2.24) is 5.32 Å². The maximum atomic E-state index is 12.1. The Hall–Kier alpha value is -2.04. The normalized spacial score (nSPS) is 10.7. The summed E-state index contributed by atoms with van der Waals surface area (Å²) in [5.41, 5.74) is 2.44. The largest absolute Gasteiger partial charge is 0.352 e. The van der Waals surface area contributed by atoms with E-state index in [0.29, 0.717) is 28.9 Å². The number of halogens is 2. The van der Waals surface area contributed by atoms with E-state index in [2.05, 4.69) is 10.6 Å². The van der Waals surface area contributed by atoms with Gasteiger partial charge in [0.05, 0.1) is 16.5 Å². The average molecular weight is 393 g/mol. The van der Waals surface area contributed by atoms with Gasteiger partial charge in [0.2, 0.25) is 11.8 Å². The monoisotopic (exact) mass is 392 g/mol. The highest BCUT2D eigenvalue weighted by atomic mass is 35.5. The Kier molecular flexibility index (Phi) is 7.49. The lowest BCUT2D eigenvalue weighted by Gasteiger charge is -2.10. The first kappa shape index (κ1) is 20.3. The Labute approximate surface area is 163 Å². The van der Waals surface area contributed by atoms with Crippen LogP contribution in [0.1, 0.15) is 31.4 Å². The van der Waals surface area contributed by atoms with Crippen molar-refractivity contribution in [3.63, 3.8) is 0 Å². The summed E-state index contributed by atoms with van der Waals surface area (Å²) in [4.78, 5) is 24.0. The average Bonchev–Trinajstić information content (AvgIpc) is 2.56. The van der Waals surface area contributed by atoms with Crippen molar-refractivity contribution in [2.45, 2.75) is 33.2 Å². The summed E-state index contributed by atoms with van der Waals surface area (Å²) in [6.45, 7) is 4.38. The number of carbonyl (C=O) groups excluding carboxylic acids is 2. The van der Waals surface area contributed by atoms with E-state index in [-0.39, 0.29) is 18.2 Å². The van der Waals surface area contributed by atoms with Crippen molar-refractivity contribution < 1.29 is 9.59 Å². The zero-order chi connectivity index (χ0) is 19.1. The second-order valence-electron chi connectivity index (χ2n) is 6.55. The molecule has 0 bridgehead atoms. The molecule has 2 aromatic carbocycles. The molecule has 0 aliphatic heterocycles. The predicted octanol–water partition coefficient (Wildman–Crippen LogP) is 4.84. The molecule has 4 nitrogen and oxygen atoms in total. The van der Waals surface area contributed by atoms with Gasteiger partial charge in [0, 0.05) is 18.7 Å². The fourth-order valence-corrected chi connectivity index (χ4v) is 2.76. The molecule has 0 saturated carbocycles. The molecule has 2 rings (SSSR count). The van der Waals surface area contributed by atoms with Crippen LogP contribution < -0.4 is 10.6 Å². The summed E-state index contributed by atoms with van der Waals surface area (Å²) in [5.74, 6) is 0.178. The highest BCUT2D eigenvalue weighted by molar-refractivity contribution is 6.42.